The number of aromatic nitrogens is 2. The van der Waals surface area contributed by atoms with Crippen molar-refractivity contribution in [1.82, 2.24) is 9.78 Å². The van der Waals surface area contributed by atoms with E-state index in [2.05, 4.69) is 32.8 Å². The first-order chi connectivity index (χ1) is 8.52. The normalized spacial score (nSPS) is 15.0. The van der Waals surface area contributed by atoms with E-state index in [9.17, 15) is 5.11 Å². The lowest BCUT2D eigenvalue weighted by atomic mass is 10.2. The van der Waals surface area contributed by atoms with Gasteiger partial charge in [-0.05, 0) is 31.1 Å². The minimum absolute atomic E-state index is 0.283. The zero-order valence-corrected chi connectivity index (χ0v) is 12.8. The summed E-state index contributed by atoms with van der Waals surface area (Å²) < 4.78 is 1.99. The average Bonchev–Trinajstić information content (AvgIpc) is 2.76. The zero-order valence-electron chi connectivity index (χ0n) is 12.0. The Labute approximate surface area is 115 Å². The summed E-state index contributed by atoms with van der Waals surface area (Å²) in [6.07, 6.45) is 3.47. The summed E-state index contributed by atoms with van der Waals surface area (Å²) in [6.45, 7) is 8.72. The number of rotatable bonds is 8. The molecule has 2 unspecified atom stereocenters. The van der Waals surface area contributed by atoms with Gasteiger partial charge in [-0.1, -0.05) is 20.8 Å². The van der Waals surface area contributed by atoms with Crippen molar-refractivity contribution in [3.8, 4) is 0 Å². The van der Waals surface area contributed by atoms with Crippen LogP contribution < -0.4 is 0 Å². The number of nitrogens with zero attached hydrogens (tertiary/aromatic N) is 2. The van der Waals surface area contributed by atoms with Crippen LogP contribution in [0.15, 0.2) is 12.3 Å². The largest absolute Gasteiger partial charge is 0.392 e. The molecule has 0 radical (unpaired) electrons. The Hall–Kier alpha value is -0.480. The predicted octanol–water partition coefficient (Wildman–Crippen LogP) is 3.15. The number of hydrogen-bond donors (Lipinski definition) is 1. The molecule has 18 heavy (non-hydrogen) atoms. The summed E-state index contributed by atoms with van der Waals surface area (Å²) in [5.74, 6) is 2.60. The molecule has 0 aliphatic rings. The van der Waals surface area contributed by atoms with E-state index in [1.807, 2.05) is 28.7 Å². The molecule has 0 aromatic carbocycles. The van der Waals surface area contributed by atoms with Crippen LogP contribution in [0.2, 0.25) is 0 Å². The average molecular weight is 270 g/mol. The third-order valence-corrected chi connectivity index (χ3v) is 4.44. The van der Waals surface area contributed by atoms with Gasteiger partial charge >= 0.3 is 0 Å². The van der Waals surface area contributed by atoms with Gasteiger partial charge in [0, 0.05) is 24.4 Å². The summed E-state index contributed by atoms with van der Waals surface area (Å²) in [4.78, 5) is 0. The third-order valence-electron chi connectivity index (χ3n) is 2.91. The van der Waals surface area contributed by atoms with Crippen LogP contribution in [0.3, 0.4) is 0 Å². The molecule has 0 saturated heterocycles. The second-order valence-corrected chi connectivity index (χ2v) is 6.41. The van der Waals surface area contributed by atoms with Crippen molar-refractivity contribution >= 4 is 11.8 Å². The van der Waals surface area contributed by atoms with Crippen molar-refractivity contribution < 1.29 is 5.11 Å². The van der Waals surface area contributed by atoms with Gasteiger partial charge in [-0.15, -0.1) is 0 Å². The van der Waals surface area contributed by atoms with Crippen molar-refractivity contribution in [2.45, 2.75) is 52.7 Å². The molecule has 0 amide bonds. The number of aliphatic hydroxyl groups excluding tert-OH is 1. The molecule has 1 N–H and O–H groups in total. The summed E-state index contributed by atoms with van der Waals surface area (Å²) in [5, 5.41) is 14.5. The minimum atomic E-state index is -0.283. The van der Waals surface area contributed by atoms with Crippen LogP contribution in [0, 0.1) is 5.92 Å². The maximum atomic E-state index is 9.95. The van der Waals surface area contributed by atoms with E-state index in [0.717, 1.165) is 23.6 Å². The maximum absolute atomic E-state index is 9.95. The van der Waals surface area contributed by atoms with Gasteiger partial charge in [0.25, 0.3) is 0 Å². The highest BCUT2D eigenvalue weighted by Crippen LogP contribution is 2.13. The number of aliphatic hydroxyl groups is 1. The molecular weight excluding hydrogens is 244 g/mol. The fourth-order valence-corrected chi connectivity index (χ4v) is 2.66. The van der Waals surface area contributed by atoms with Gasteiger partial charge in [0.15, 0.2) is 0 Å². The van der Waals surface area contributed by atoms with E-state index in [1.165, 1.54) is 0 Å². The molecule has 1 rings (SSSR count). The molecule has 2 atom stereocenters. The van der Waals surface area contributed by atoms with Crippen LogP contribution in [0.5, 0.6) is 0 Å². The van der Waals surface area contributed by atoms with Gasteiger partial charge in [0.05, 0.1) is 11.8 Å². The van der Waals surface area contributed by atoms with Crippen molar-refractivity contribution in [1.29, 1.82) is 0 Å². The molecule has 104 valence electrons. The number of hydrogen-bond acceptors (Lipinski definition) is 3. The van der Waals surface area contributed by atoms with Gasteiger partial charge in [0.1, 0.15) is 0 Å². The fourth-order valence-electron chi connectivity index (χ4n) is 1.66. The minimum Gasteiger partial charge on any atom is -0.392 e. The van der Waals surface area contributed by atoms with Crippen LogP contribution in [0.25, 0.3) is 0 Å². The second kappa shape index (κ2) is 7.85. The molecule has 3 nitrogen and oxygen atoms in total. The predicted molar refractivity (Wildman–Crippen MR) is 79.1 cm³/mol. The van der Waals surface area contributed by atoms with E-state index >= 15 is 0 Å². The molecule has 0 aliphatic heterocycles. The van der Waals surface area contributed by atoms with Gasteiger partial charge in [-0.3, -0.25) is 4.68 Å². The highest BCUT2D eigenvalue weighted by atomic mass is 32.2. The standard InChI is InChI=1S/C14H26N2OS/c1-5-12(4)16-7-6-13(15-16)8-14(17)10-18-9-11(2)3/h6-7,11-12,14,17H,5,8-10H2,1-4H3. The Morgan fingerprint density at radius 2 is 2.06 bits per heavy atom. The van der Waals surface area contributed by atoms with Crippen LogP contribution in [0.4, 0.5) is 0 Å². The van der Waals surface area contributed by atoms with Crippen molar-refractivity contribution in [3.05, 3.63) is 18.0 Å². The van der Waals surface area contributed by atoms with Gasteiger partial charge in [0.2, 0.25) is 0 Å². The molecule has 0 spiro atoms. The lowest BCUT2D eigenvalue weighted by Gasteiger charge is -2.11. The zero-order chi connectivity index (χ0) is 13.5. The summed E-state index contributed by atoms with van der Waals surface area (Å²) >= 11 is 1.82. The molecule has 1 aromatic rings. The van der Waals surface area contributed by atoms with Crippen molar-refractivity contribution in [2.75, 3.05) is 11.5 Å². The Morgan fingerprint density at radius 3 is 2.67 bits per heavy atom. The highest BCUT2D eigenvalue weighted by Gasteiger charge is 2.10. The summed E-state index contributed by atoms with van der Waals surface area (Å²) in [5.41, 5.74) is 0.993. The first-order valence-electron chi connectivity index (χ1n) is 6.82. The SMILES string of the molecule is CCC(C)n1ccc(CC(O)CSCC(C)C)n1. The van der Waals surface area contributed by atoms with E-state index in [0.29, 0.717) is 18.4 Å². The summed E-state index contributed by atoms with van der Waals surface area (Å²) in [6, 6.07) is 2.45. The lowest BCUT2D eigenvalue weighted by molar-refractivity contribution is 0.198. The fraction of sp³-hybridized carbons (Fsp3) is 0.786. The van der Waals surface area contributed by atoms with Gasteiger partial charge in [-0.2, -0.15) is 16.9 Å². The first-order valence-corrected chi connectivity index (χ1v) is 7.98. The molecule has 0 bridgehead atoms. The molecule has 4 heteroatoms. The molecule has 1 heterocycles. The highest BCUT2D eigenvalue weighted by molar-refractivity contribution is 7.99. The second-order valence-electron chi connectivity index (χ2n) is 5.33. The van der Waals surface area contributed by atoms with E-state index in [1.54, 1.807) is 0 Å². The lowest BCUT2D eigenvalue weighted by Crippen LogP contribution is -2.15. The molecule has 0 saturated carbocycles. The Morgan fingerprint density at radius 1 is 1.33 bits per heavy atom. The monoisotopic (exact) mass is 270 g/mol. The van der Waals surface area contributed by atoms with Crippen LogP contribution in [-0.4, -0.2) is 32.5 Å². The van der Waals surface area contributed by atoms with Crippen LogP contribution in [0.1, 0.15) is 45.9 Å². The molecule has 0 fully saturated rings. The summed E-state index contributed by atoms with van der Waals surface area (Å²) in [7, 11) is 0. The van der Waals surface area contributed by atoms with Crippen molar-refractivity contribution in [3.63, 3.8) is 0 Å². The third kappa shape index (κ3) is 5.44. The first kappa shape index (κ1) is 15.6. The Balaban J connectivity index is 2.35. The van der Waals surface area contributed by atoms with E-state index in [4.69, 9.17) is 0 Å². The molecule has 0 aliphatic carbocycles. The quantitative estimate of drug-likeness (QED) is 0.788. The Kier molecular flexibility index (Phi) is 6.79. The molecule has 1 aromatic heterocycles. The smallest absolute Gasteiger partial charge is 0.0686 e. The molecular formula is C14H26N2OS. The van der Waals surface area contributed by atoms with Gasteiger partial charge in [-0.25, -0.2) is 0 Å². The topological polar surface area (TPSA) is 38.0 Å². The Bertz CT molecular complexity index is 338. The van der Waals surface area contributed by atoms with Gasteiger partial charge < -0.3 is 5.11 Å². The maximum Gasteiger partial charge on any atom is 0.0686 e. The van der Waals surface area contributed by atoms with Crippen molar-refractivity contribution in [2.24, 2.45) is 5.92 Å². The number of thioether (sulfide) groups is 1. The van der Waals surface area contributed by atoms with E-state index < -0.39 is 0 Å². The van der Waals surface area contributed by atoms with E-state index in [-0.39, 0.29) is 6.10 Å². The van der Waals surface area contributed by atoms with Crippen LogP contribution in [-0.2, 0) is 6.42 Å². The van der Waals surface area contributed by atoms with Crippen LogP contribution >= 0.6 is 11.8 Å².